The molecule has 0 aliphatic carbocycles. The Bertz CT molecular complexity index is 883. The third kappa shape index (κ3) is 5.29. The Balaban J connectivity index is 0.00000169. The average Bonchev–Trinajstić information content (AvgIpc) is 2.62. The molecule has 5 nitrogen and oxygen atoms in total. The Labute approximate surface area is 165 Å². The van der Waals surface area contributed by atoms with Crippen LogP contribution < -0.4 is 16.6 Å². The van der Waals surface area contributed by atoms with Gasteiger partial charge in [-0.1, -0.05) is 36.4 Å². The van der Waals surface area contributed by atoms with Gasteiger partial charge in [-0.05, 0) is 43.6 Å². The van der Waals surface area contributed by atoms with Gasteiger partial charge >= 0.3 is 0 Å². The number of fused-ring (bicyclic) bond motifs is 1. The molecule has 2 aromatic carbocycles. The minimum absolute atomic E-state index is 0. The molecule has 0 aliphatic rings. The van der Waals surface area contributed by atoms with Crippen LogP contribution in [0.1, 0.15) is 18.4 Å². The molecule has 1 aromatic heterocycles. The van der Waals surface area contributed by atoms with Gasteiger partial charge in [-0.15, -0.1) is 24.8 Å². The number of nitrogens with one attached hydrogen (secondary N) is 2. The molecular weight excluding hydrogens is 371 g/mol. The monoisotopic (exact) mass is 394 g/mol. The first-order valence-corrected chi connectivity index (χ1v) is 8.27. The second kappa shape index (κ2) is 10.9. The van der Waals surface area contributed by atoms with Gasteiger partial charge in [-0.25, -0.2) is 5.10 Å². The van der Waals surface area contributed by atoms with Gasteiger partial charge in [0.25, 0.3) is 5.56 Å². The van der Waals surface area contributed by atoms with E-state index >= 15 is 0 Å². The molecule has 0 fully saturated rings. The summed E-state index contributed by atoms with van der Waals surface area (Å²) in [5.74, 6) is 0. The number of nitrogens with zero attached hydrogens (tertiary/aromatic N) is 1. The number of rotatable bonds is 7. The van der Waals surface area contributed by atoms with E-state index in [0.717, 1.165) is 49.1 Å². The minimum Gasteiger partial charge on any atom is -0.330 e. The molecule has 26 heavy (non-hydrogen) atoms. The highest BCUT2D eigenvalue weighted by Gasteiger charge is 2.08. The fourth-order valence-corrected chi connectivity index (χ4v) is 2.79. The molecular formula is C19H24Cl2N4O. The van der Waals surface area contributed by atoms with Crippen LogP contribution in [0.4, 0.5) is 0 Å². The van der Waals surface area contributed by atoms with E-state index in [1.54, 1.807) is 0 Å². The summed E-state index contributed by atoms with van der Waals surface area (Å²) in [6.45, 7) is 2.50. The van der Waals surface area contributed by atoms with Gasteiger partial charge in [0.1, 0.15) is 0 Å². The van der Waals surface area contributed by atoms with Crippen LogP contribution in [0.15, 0.2) is 53.3 Å². The van der Waals surface area contributed by atoms with Crippen LogP contribution in [0.5, 0.6) is 0 Å². The highest BCUT2D eigenvalue weighted by molar-refractivity contribution is 5.93. The molecule has 3 rings (SSSR count). The van der Waals surface area contributed by atoms with Crippen molar-refractivity contribution in [2.24, 2.45) is 5.73 Å². The number of nitrogens with two attached hydrogens (primary N) is 1. The number of hydrogen-bond donors (Lipinski definition) is 3. The summed E-state index contributed by atoms with van der Waals surface area (Å²) in [4.78, 5) is 11.9. The number of benzene rings is 2. The lowest BCUT2D eigenvalue weighted by Crippen LogP contribution is -2.15. The fraction of sp³-hybridized carbons (Fsp3) is 0.263. The molecule has 0 unspecified atom stereocenters. The van der Waals surface area contributed by atoms with Crippen molar-refractivity contribution in [1.82, 2.24) is 15.5 Å². The summed E-state index contributed by atoms with van der Waals surface area (Å²) in [5.41, 5.74) is 8.34. The van der Waals surface area contributed by atoms with E-state index in [-0.39, 0.29) is 30.4 Å². The van der Waals surface area contributed by atoms with E-state index in [0.29, 0.717) is 5.39 Å². The molecule has 0 spiro atoms. The summed E-state index contributed by atoms with van der Waals surface area (Å²) in [6.07, 6.45) is 2.13. The molecule has 0 bridgehead atoms. The largest absolute Gasteiger partial charge is 0.330 e. The predicted octanol–water partition coefficient (Wildman–Crippen LogP) is 3.26. The van der Waals surface area contributed by atoms with Crippen molar-refractivity contribution in [3.8, 4) is 11.3 Å². The third-order valence-corrected chi connectivity index (χ3v) is 4.03. The second-order valence-corrected chi connectivity index (χ2v) is 5.82. The molecule has 4 N–H and O–H groups in total. The summed E-state index contributed by atoms with van der Waals surface area (Å²) >= 11 is 0. The second-order valence-electron chi connectivity index (χ2n) is 5.82. The molecule has 0 amide bonds. The maximum atomic E-state index is 11.9. The topological polar surface area (TPSA) is 83.8 Å². The van der Waals surface area contributed by atoms with Gasteiger partial charge in [-0.2, -0.15) is 5.10 Å². The van der Waals surface area contributed by atoms with Crippen molar-refractivity contribution >= 4 is 35.6 Å². The minimum atomic E-state index is -0.160. The van der Waals surface area contributed by atoms with Crippen molar-refractivity contribution in [3.63, 3.8) is 0 Å². The first-order valence-electron chi connectivity index (χ1n) is 8.27. The van der Waals surface area contributed by atoms with Crippen LogP contribution in [-0.2, 0) is 6.54 Å². The molecule has 0 aliphatic heterocycles. The van der Waals surface area contributed by atoms with E-state index in [4.69, 9.17) is 5.73 Å². The highest BCUT2D eigenvalue weighted by atomic mass is 35.5. The molecule has 0 atom stereocenters. The fourth-order valence-electron chi connectivity index (χ4n) is 2.79. The lowest BCUT2D eigenvalue weighted by molar-refractivity contribution is 0.627. The van der Waals surface area contributed by atoms with Crippen molar-refractivity contribution in [1.29, 1.82) is 0 Å². The standard InChI is InChI=1S/C19H22N4O.2ClH/c20-10-3-4-11-21-13-14-6-5-7-15(12-14)18-16-8-1-2-9-17(16)19(24)23-22-18;;/h1-2,5-9,12,21H,3-4,10-11,13,20H2,(H,23,24);2*1H. The molecule has 0 saturated heterocycles. The molecule has 3 aromatic rings. The van der Waals surface area contributed by atoms with Crippen LogP contribution in [0.2, 0.25) is 0 Å². The maximum Gasteiger partial charge on any atom is 0.272 e. The number of hydrogen-bond acceptors (Lipinski definition) is 4. The van der Waals surface area contributed by atoms with Gasteiger partial charge in [0, 0.05) is 17.5 Å². The van der Waals surface area contributed by atoms with Gasteiger partial charge in [-0.3, -0.25) is 4.79 Å². The van der Waals surface area contributed by atoms with Gasteiger partial charge < -0.3 is 11.1 Å². The SMILES string of the molecule is Cl.Cl.NCCCCNCc1cccc(-c2n[nH]c(=O)c3ccccc23)c1. The first kappa shape index (κ1) is 22.1. The Morgan fingerprint density at radius 1 is 1.00 bits per heavy atom. The van der Waals surface area contributed by atoms with Crippen LogP contribution in [0.25, 0.3) is 22.0 Å². The summed E-state index contributed by atoms with van der Waals surface area (Å²) < 4.78 is 0. The summed E-state index contributed by atoms with van der Waals surface area (Å²) in [5, 5.41) is 11.8. The normalized spacial score (nSPS) is 10.2. The lowest BCUT2D eigenvalue weighted by atomic mass is 10.0. The number of unbranched alkanes of at least 4 members (excludes halogenated alkanes) is 1. The number of aromatic amines is 1. The Morgan fingerprint density at radius 2 is 1.77 bits per heavy atom. The number of halogens is 2. The van der Waals surface area contributed by atoms with Crippen molar-refractivity contribution in [2.75, 3.05) is 13.1 Å². The van der Waals surface area contributed by atoms with Crippen molar-refractivity contribution in [3.05, 3.63) is 64.4 Å². The first-order chi connectivity index (χ1) is 11.8. The van der Waals surface area contributed by atoms with Gasteiger partial charge in [0.2, 0.25) is 0 Å². The van der Waals surface area contributed by atoms with Crippen LogP contribution in [0, 0.1) is 0 Å². The zero-order valence-corrected chi connectivity index (χ0v) is 16.0. The number of aromatic nitrogens is 2. The zero-order valence-electron chi connectivity index (χ0n) is 14.4. The van der Waals surface area contributed by atoms with E-state index < -0.39 is 0 Å². The van der Waals surface area contributed by atoms with E-state index in [9.17, 15) is 4.79 Å². The van der Waals surface area contributed by atoms with Crippen LogP contribution >= 0.6 is 24.8 Å². The maximum absolute atomic E-state index is 11.9. The Hall–Kier alpha value is -1.92. The molecule has 0 radical (unpaired) electrons. The summed E-state index contributed by atoms with van der Waals surface area (Å²) in [7, 11) is 0. The van der Waals surface area contributed by atoms with Crippen molar-refractivity contribution in [2.45, 2.75) is 19.4 Å². The smallest absolute Gasteiger partial charge is 0.272 e. The summed E-state index contributed by atoms with van der Waals surface area (Å²) in [6, 6.07) is 15.8. The van der Waals surface area contributed by atoms with Gasteiger partial charge in [0.15, 0.2) is 0 Å². The molecule has 1 heterocycles. The van der Waals surface area contributed by atoms with Crippen LogP contribution in [-0.4, -0.2) is 23.3 Å². The van der Waals surface area contributed by atoms with E-state index in [2.05, 4.69) is 27.6 Å². The lowest BCUT2D eigenvalue weighted by Gasteiger charge is -2.08. The Kier molecular flexibility index (Phi) is 9.30. The molecule has 140 valence electrons. The van der Waals surface area contributed by atoms with E-state index in [1.807, 2.05) is 36.4 Å². The van der Waals surface area contributed by atoms with Crippen molar-refractivity contribution < 1.29 is 0 Å². The number of H-pyrrole nitrogens is 1. The van der Waals surface area contributed by atoms with E-state index in [1.165, 1.54) is 5.56 Å². The Morgan fingerprint density at radius 3 is 2.54 bits per heavy atom. The molecule has 0 saturated carbocycles. The van der Waals surface area contributed by atoms with Crippen LogP contribution in [0.3, 0.4) is 0 Å². The quantitative estimate of drug-likeness (QED) is 0.536. The third-order valence-electron chi connectivity index (χ3n) is 4.03. The highest BCUT2D eigenvalue weighted by Crippen LogP contribution is 2.24. The predicted molar refractivity (Wildman–Crippen MR) is 112 cm³/mol. The average molecular weight is 395 g/mol. The van der Waals surface area contributed by atoms with Gasteiger partial charge in [0.05, 0.1) is 11.1 Å². The zero-order chi connectivity index (χ0) is 16.8. The molecule has 7 heteroatoms.